The molecule has 1 rings (SSSR count). The molecule has 0 unspecified atom stereocenters. The molecule has 0 N–H and O–H groups in total. The zero-order valence-corrected chi connectivity index (χ0v) is 7.28. The Morgan fingerprint density at radius 1 is 1.50 bits per heavy atom. The average Bonchev–Trinajstić information content (AvgIpc) is 2.05. The molecule has 3 nitrogen and oxygen atoms in total. The lowest BCUT2D eigenvalue weighted by atomic mass is 10.2. The van der Waals surface area contributed by atoms with E-state index in [1.54, 1.807) is 12.3 Å². The Balaban J connectivity index is 2.73. The highest BCUT2D eigenvalue weighted by Gasteiger charge is 1.96. The average molecular weight is 161 g/mol. The second kappa shape index (κ2) is 3.84. The van der Waals surface area contributed by atoms with Crippen LogP contribution in [0.2, 0.25) is 0 Å². The summed E-state index contributed by atoms with van der Waals surface area (Å²) in [6.07, 6.45) is 1.60. The lowest BCUT2D eigenvalue weighted by molar-refractivity contribution is 0.397. The highest BCUT2D eigenvalue weighted by atomic mass is 15.1. The third-order valence-electron chi connectivity index (χ3n) is 1.43. The van der Waals surface area contributed by atoms with Gasteiger partial charge >= 0.3 is 0 Å². The van der Waals surface area contributed by atoms with E-state index < -0.39 is 0 Å². The van der Waals surface area contributed by atoms with Crippen LogP contribution in [0.15, 0.2) is 18.3 Å². The van der Waals surface area contributed by atoms with Gasteiger partial charge in [-0.3, -0.25) is 4.98 Å². The molecular formula is C9H11N3. The molecule has 0 aromatic carbocycles. The number of rotatable bonds is 2. The number of aromatic nitrogens is 1. The van der Waals surface area contributed by atoms with Gasteiger partial charge in [0.15, 0.2) is 0 Å². The largest absolute Gasteiger partial charge is 0.304 e. The van der Waals surface area contributed by atoms with Gasteiger partial charge in [-0.25, -0.2) is 0 Å². The van der Waals surface area contributed by atoms with Crippen molar-refractivity contribution in [1.29, 1.82) is 5.26 Å². The van der Waals surface area contributed by atoms with Crippen LogP contribution in [-0.2, 0) is 6.54 Å². The van der Waals surface area contributed by atoms with Crippen LogP contribution >= 0.6 is 0 Å². The first-order valence-electron chi connectivity index (χ1n) is 3.72. The van der Waals surface area contributed by atoms with Crippen LogP contribution in [0, 0.1) is 11.3 Å². The molecule has 0 saturated carbocycles. The Morgan fingerprint density at radius 3 is 2.67 bits per heavy atom. The van der Waals surface area contributed by atoms with Crippen LogP contribution in [0.25, 0.3) is 0 Å². The van der Waals surface area contributed by atoms with E-state index in [0.29, 0.717) is 5.56 Å². The van der Waals surface area contributed by atoms with Gasteiger partial charge in [0.2, 0.25) is 0 Å². The van der Waals surface area contributed by atoms with Gasteiger partial charge in [-0.1, -0.05) is 0 Å². The predicted molar refractivity (Wildman–Crippen MR) is 46.3 cm³/mol. The van der Waals surface area contributed by atoms with Gasteiger partial charge in [-0.2, -0.15) is 5.26 Å². The second-order valence-electron chi connectivity index (χ2n) is 2.89. The highest BCUT2D eigenvalue weighted by molar-refractivity contribution is 5.26. The SMILES string of the molecule is CN(C)Cc1ccc(C#N)cn1. The van der Waals surface area contributed by atoms with Crippen molar-refractivity contribution in [2.24, 2.45) is 0 Å². The fourth-order valence-electron chi connectivity index (χ4n) is 0.908. The van der Waals surface area contributed by atoms with Crippen molar-refractivity contribution in [3.8, 4) is 6.07 Å². The third-order valence-corrected chi connectivity index (χ3v) is 1.43. The van der Waals surface area contributed by atoms with Crippen molar-refractivity contribution >= 4 is 0 Å². The maximum Gasteiger partial charge on any atom is 0.101 e. The first kappa shape index (κ1) is 8.69. The van der Waals surface area contributed by atoms with Crippen molar-refractivity contribution in [3.05, 3.63) is 29.6 Å². The first-order valence-corrected chi connectivity index (χ1v) is 3.72. The van der Waals surface area contributed by atoms with E-state index in [1.807, 2.05) is 31.1 Å². The second-order valence-corrected chi connectivity index (χ2v) is 2.89. The molecule has 0 aliphatic carbocycles. The van der Waals surface area contributed by atoms with E-state index in [4.69, 9.17) is 5.26 Å². The van der Waals surface area contributed by atoms with Crippen LogP contribution in [0.5, 0.6) is 0 Å². The van der Waals surface area contributed by atoms with Crippen LogP contribution < -0.4 is 0 Å². The van der Waals surface area contributed by atoms with E-state index in [2.05, 4.69) is 4.98 Å². The lowest BCUT2D eigenvalue weighted by Gasteiger charge is -2.07. The van der Waals surface area contributed by atoms with E-state index in [-0.39, 0.29) is 0 Å². The zero-order valence-electron chi connectivity index (χ0n) is 7.28. The van der Waals surface area contributed by atoms with E-state index in [1.165, 1.54) is 0 Å². The van der Waals surface area contributed by atoms with Crippen molar-refractivity contribution in [1.82, 2.24) is 9.88 Å². The van der Waals surface area contributed by atoms with Gasteiger partial charge in [-0.05, 0) is 26.2 Å². The van der Waals surface area contributed by atoms with Gasteiger partial charge in [-0.15, -0.1) is 0 Å². The zero-order chi connectivity index (χ0) is 8.97. The number of nitriles is 1. The molecule has 1 aromatic heterocycles. The van der Waals surface area contributed by atoms with Gasteiger partial charge in [0.25, 0.3) is 0 Å². The molecule has 0 aliphatic heterocycles. The topological polar surface area (TPSA) is 39.9 Å². The fraction of sp³-hybridized carbons (Fsp3) is 0.333. The highest BCUT2D eigenvalue weighted by Crippen LogP contribution is 2.00. The maximum absolute atomic E-state index is 8.51. The maximum atomic E-state index is 8.51. The van der Waals surface area contributed by atoms with Crippen molar-refractivity contribution in [2.45, 2.75) is 6.54 Å². The summed E-state index contributed by atoms with van der Waals surface area (Å²) in [6.45, 7) is 0.811. The molecule has 62 valence electrons. The molecule has 0 bridgehead atoms. The van der Waals surface area contributed by atoms with Gasteiger partial charge in [0.05, 0.1) is 11.3 Å². The summed E-state index contributed by atoms with van der Waals surface area (Å²) in [5.74, 6) is 0. The standard InChI is InChI=1S/C9H11N3/c1-12(2)7-9-4-3-8(5-10)6-11-9/h3-4,6H,7H2,1-2H3. The molecule has 1 heterocycles. The van der Waals surface area contributed by atoms with Gasteiger partial charge in [0.1, 0.15) is 6.07 Å². The lowest BCUT2D eigenvalue weighted by Crippen LogP contribution is -2.11. The molecule has 0 radical (unpaired) electrons. The number of hydrogen-bond donors (Lipinski definition) is 0. The van der Waals surface area contributed by atoms with Crippen molar-refractivity contribution in [2.75, 3.05) is 14.1 Å². The fourth-order valence-corrected chi connectivity index (χ4v) is 0.908. The Morgan fingerprint density at radius 2 is 2.25 bits per heavy atom. The summed E-state index contributed by atoms with van der Waals surface area (Å²) in [7, 11) is 3.97. The van der Waals surface area contributed by atoms with Crippen LogP contribution in [0.4, 0.5) is 0 Å². The normalized spacial score (nSPS) is 9.83. The summed E-state index contributed by atoms with van der Waals surface area (Å²) in [4.78, 5) is 6.16. The number of pyridine rings is 1. The van der Waals surface area contributed by atoms with E-state index in [0.717, 1.165) is 12.2 Å². The molecule has 0 saturated heterocycles. The summed E-state index contributed by atoms with van der Waals surface area (Å²) in [6, 6.07) is 5.69. The van der Waals surface area contributed by atoms with E-state index >= 15 is 0 Å². The Kier molecular flexibility index (Phi) is 2.78. The molecule has 0 atom stereocenters. The third kappa shape index (κ3) is 2.33. The molecule has 12 heavy (non-hydrogen) atoms. The molecule has 0 aliphatic rings. The van der Waals surface area contributed by atoms with Gasteiger partial charge in [0, 0.05) is 12.7 Å². The predicted octanol–water partition coefficient (Wildman–Crippen LogP) is 1.01. The van der Waals surface area contributed by atoms with Crippen molar-refractivity contribution in [3.63, 3.8) is 0 Å². The number of hydrogen-bond acceptors (Lipinski definition) is 3. The molecule has 0 amide bonds. The van der Waals surface area contributed by atoms with Crippen LogP contribution in [-0.4, -0.2) is 24.0 Å². The summed E-state index contributed by atoms with van der Waals surface area (Å²) < 4.78 is 0. The van der Waals surface area contributed by atoms with E-state index in [9.17, 15) is 0 Å². The van der Waals surface area contributed by atoms with Gasteiger partial charge < -0.3 is 4.90 Å². The Bertz CT molecular complexity index is 282. The summed E-state index contributed by atoms with van der Waals surface area (Å²) in [5, 5.41) is 8.51. The summed E-state index contributed by atoms with van der Waals surface area (Å²) in [5.41, 5.74) is 1.59. The molecule has 0 spiro atoms. The summed E-state index contributed by atoms with van der Waals surface area (Å²) >= 11 is 0. The Hall–Kier alpha value is -1.40. The first-order chi connectivity index (χ1) is 5.72. The molecule has 3 heteroatoms. The quantitative estimate of drug-likeness (QED) is 0.650. The van der Waals surface area contributed by atoms with Crippen molar-refractivity contribution < 1.29 is 0 Å². The number of nitrogens with zero attached hydrogens (tertiary/aromatic N) is 3. The molecular weight excluding hydrogens is 150 g/mol. The van der Waals surface area contributed by atoms with Crippen LogP contribution in [0.3, 0.4) is 0 Å². The monoisotopic (exact) mass is 161 g/mol. The molecule has 0 fully saturated rings. The molecule has 1 aromatic rings. The minimum atomic E-state index is 0.609. The minimum Gasteiger partial charge on any atom is -0.304 e. The minimum absolute atomic E-state index is 0.609. The van der Waals surface area contributed by atoms with Crippen LogP contribution in [0.1, 0.15) is 11.3 Å². The Labute approximate surface area is 72.3 Å². The smallest absolute Gasteiger partial charge is 0.101 e.